The number of aliphatic hydroxyl groups excluding tert-OH is 1. The van der Waals surface area contributed by atoms with Gasteiger partial charge in [-0.05, 0) is 12.5 Å². The molecule has 0 saturated carbocycles. The third-order valence-electron chi connectivity index (χ3n) is 2.82. The van der Waals surface area contributed by atoms with E-state index in [4.69, 9.17) is 4.74 Å². The Labute approximate surface area is 100 Å². The molecule has 1 unspecified atom stereocenters. The average molecular weight is 232 g/mol. The summed E-state index contributed by atoms with van der Waals surface area (Å²) in [6.45, 7) is 2.01. The number of hydrogen-bond acceptors (Lipinski definition) is 3. The van der Waals surface area contributed by atoms with E-state index in [0.29, 0.717) is 11.4 Å². The van der Waals surface area contributed by atoms with Crippen LogP contribution in [0.15, 0.2) is 30.5 Å². The van der Waals surface area contributed by atoms with Gasteiger partial charge in [0.1, 0.15) is 11.8 Å². The van der Waals surface area contributed by atoms with E-state index in [0.717, 1.165) is 11.1 Å². The van der Waals surface area contributed by atoms with Crippen LogP contribution in [0.1, 0.15) is 22.9 Å². The van der Waals surface area contributed by atoms with Gasteiger partial charge in [0, 0.05) is 7.05 Å². The maximum Gasteiger partial charge on any atom is 0.162 e. The van der Waals surface area contributed by atoms with Gasteiger partial charge in [0.25, 0.3) is 0 Å². The van der Waals surface area contributed by atoms with E-state index in [1.807, 2.05) is 31.2 Å². The number of aliphatic hydroxyl groups is 1. The van der Waals surface area contributed by atoms with Gasteiger partial charge in [0.2, 0.25) is 0 Å². The maximum atomic E-state index is 10.3. The van der Waals surface area contributed by atoms with Gasteiger partial charge in [0.05, 0.1) is 13.3 Å². The van der Waals surface area contributed by atoms with Crippen molar-refractivity contribution in [3.8, 4) is 5.75 Å². The zero-order valence-electron chi connectivity index (χ0n) is 10.2. The Bertz CT molecular complexity index is 503. The number of benzene rings is 1. The quantitative estimate of drug-likeness (QED) is 0.878. The van der Waals surface area contributed by atoms with Gasteiger partial charge in [0.15, 0.2) is 5.75 Å². The van der Waals surface area contributed by atoms with E-state index in [9.17, 15) is 5.11 Å². The molecule has 0 aliphatic carbocycles. The fraction of sp³-hybridized carbons (Fsp3) is 0.308. The molecular weight excluding hydrogens is 216 g/mol. The number of ether oxygens (including phenoxy) is 1. The van der Waals surface area contributed by atoms with Crippen molar-refractivity contribution in [3.63, 3.8) is 0 Å². The summed E-state index contributed by atoms with van der Waals surface area (Å²) < 4.78 is 6.82. The third-order valence-corrected chi connectivity index (χ3v) is 2.82. The first-order valence-corrected chi connectivity index (χ1v) is 5.44. The molecule has 4 heteroatoms. The Balaban J connectivity index is 2.39. The third kappa shape index (κ3) is 2.17. The van der Waals surface area contributed by atoms with Crippen LogP contribution < -0.4 is 4.74 Å². The van der Waals surface area contributed by atoms with E-state index < -0.39 is 6.10 Å². The van der Waals surface area contributed by atoms with Crippen LogP contribution in [0.25, 0.3) is 0 Å². The number of aryl methyl sites for hydroxylation is 2. The van der Waals surface area contributed by atoms with E-state index in [1.165, 1.54) is 0 Å². The van der Waals surface area contributed by atoms with Crippen LogP contribution in [0, 0.1) is 6.92 Å². The normalized spacial score (nSPS) is 12.5. The monoisotopic (exact) mass is 232 g/mol. The molecule has 0 bridgehead atoms. The zero-order chi connectivity index (χ0) is 12.4. The van der Waals surface area contributed by atoms with Crippen molar-refractivity contribution < 1.29 is 9.84 Å². The molecule has 0 amide bonds. The molecule has 1 atom stereocenters. The minimum atomic E-state index is -0.724. The van der Waals surface area contributed by atoms with E-state index in [2.05, 4.69) is 5.10 Å². The van der Waals surface area contributed by atoms with Gasteiger partial charge in [-0.2, -0.15) is 5.10 Å². The van der Waals surface area contributed by atoms with Gasteiger partial charge in [-0.15, -0.1) is 0 Å². The largest absolute Gasteiger partial charge is 0.493 e. The van der Waals surface area contributed by atoms with Crippen LogP contribution in [0.4, 0.5) is 0 Å². The lowest BCUT2D eigenvalue weighted by Crippen LogP contribution is -2.08. The highest BCUT2D eigenvalue weighted by molar-refractivity contribution is 5.35. The highest BCUT2D eigenvalue weighted by Crippen LogP contribution is 2.29. The first-order chi connectivity index (χ1) is 8.13. The SMILES string of the molecule is COc1cnn(C)c1C(O)c1ccc(C)cc1. The first kappa shape index (κ1) is 11.7. The summed E-state index contributed by atoms with van der Waals surface area (Å²) in [7, 11) is 3.36. The Morgan fingerprint density at radius 3 is 2.53 bits per heavy atom. The van der Waals surface area contributed by atoms with Crippen LogP contribution >= 0.6 is 0 Å². The smallest absolute Gasteiger partial charge is 0.162 e. The average Bonchev–Trinajstić information content (AvgIpc) is 2.70. The number of rotatable bonds is 3. The highest BCUT2D eigenvalue weighted by Gasteiger charge is 2.19. The Morgan fingerprint density at radius 1 is 1.29 bits per heavy atom. The molecule has 0 spiro atoms. The summed E-state index contributed by atoms with van der Waals surface area (Å²) in [5.41, 5.74) is 2.66. The molecule has 0 saturated heterocycles. The standard InChI is InChI=1S/C13H16N2O2/c1-9-4-6-10(7-5-9)13(16)12-11(17-3)8-14-15(12)2/h4-8,13,16H,1-3H3. The summed E-state index contributed by atoms with van der Waals surface area (Å²) in [6.07, 6.45) is 0.880. The first-order valence-electron chi connectivity index (χ1n) is 5.44. The Kier molecular flexibility index (Phi) is 3.15. The highest BCUT2D eigenvalue weighted by atomic mass is 16.5. The molecule has 1 heterocycles. The predicted octanol–water partition coefficient (Wildman–Crippen LogP) is 1.82. The Hall–Kier alpha value is -1.81. The summed E-state index contributed by atoms with van der Waals surface area (Å²) in [6, 6.07) is 7.77. The molecular formula is C13H16N2O2. The molecule has 90 valence electrons. The maximum absolute atomic E-state index is 10.3. The van der Waals surface area contributed by atoms with Crippen LogP contribution in [-0.4, -0.2) is 22.0 Å². The van der Waals surface area contributed by atoms with Gasteiger partial charge in [-0.25, -0.2) is 0 Å². The molecule has 2 aromatic rings. The minimum absolute atomic E-state index is 0.598. The minimum Gasteiger partial charge on any atom is -0.493 e. The van der Waals surface area contributed by atoms with E-state index >= 15 is 0 Å². The second-order valence-corrected chi connectivity index (χ2v) is 4.04. The molecule has 0 aliphatic rings. The number of methoxy groups -OCH3 is 1. The van der Waals surface area contributed by atoms with Crippen LogP contribution in [0.3, 0.4) is 0 Å². The molecule has 2 rings (SSSR count). The molecule has 0 aliphatic heterocycles. The van der Waals surface area contributed by atoms with Crippen LogP contribution in [0.2, 0.25) is 0 Å². The van der Waals surface area contributed by atoms with E-state index in [-0.39, 0.29) is 0 Å². The van der Waals surface area contributed by atoms with Crippen molar-refractivity contribution in [2.24, 2.45) is 7.05 Å². The summed E-state index contributed by atoms with van der Waals surface area (Å²) in [4.78, 5) is 0. The fourth-order valence-corrected chi connectivity index (χ4v) is 1.80. The van der Waals surface area contributed by atoms with Crippen molar-refractivity contribution >= 4 is 0 Å². The number of nitrogens with zero attached hydrogens (tertiary/aromatic N) is 2. The molecule has 17 heavy (non-hydrogen) atoms. The molecule has 1 N–H and O–H groups in total. The lowest BCUT2D eigenvalue weighted by molar-refractivity contribution is 0.204. The van der Waals surface area contributed by atoms with Crippen molar-refractivity contribution in [1.29, 1.82) is 0 Å². The second-order valence-electron chi connectivity index (χ2n) is 4.04. The lowest BCUT2D eigenvalue weighted by Gasteiger charge is -2.13. The topological polar surface area (TPSA) is 47.3 Å². The number of hydrogen-bond donors (Lipinski definition) is 1. The summed E-state index contributed by atoms with van der Waals surface area (Å²) in [5, 5.41) is 14.4. The van der Waals surface area contributed by atoms with Crippen LogP contribution in [-0.2, 0) is 7.05 Å². The zero-order valence-corrected chi connectivity index (χ0v) is 10.2. The van der Waals surface area contributed by atoms with E-state index in [1.54, 1.807) is 25.0 Å². The number of aromatic nitrogens is 2. The van der Waals surface area contributed by atoms with Crippen LogP contribution in [0.5, 0.6) is 5.75 Å². The fourth-order valence-electron chi connectivity index (χ4n) is 1.80. The lowest BCUT2D eigenvalue weighted by atomic mass is 10.0. The second kappa shape index (κ2) is 4.59. The predicted molar refractivity (Wildman–Crippen MR) is 65.0 cm³/mol. The van der Waals surface area contributed by atoms with Crippen molar-refractivity contribution in [2.45, 2.75) is 13.0 Å². The molecule has 0 radical (unpaired) electrons. The molecule has 1 aromatic carbocycles. The van der Waals surface area contributed by atoms with Crippen molar-refractivity contribution in [2.75, 3.05) is 7.11 Å². The van der Waals surface area contributed by atoms with Crippen molar-refractivity contribution in [3.05, 3.63) is 47.3 Å². The molecule has 0 fully saturated rings. The van der Waals surface area contributed by atoms with Gasteiger partial charge < -0.3 is 9.84 Å². The molecule has 4 nitrogen and oxygen atoms in total. The van der Waals surface area contributed by atoms with Crippen molar-refractivity contribution in [1.82, 2.24) is 9.78 Å². The van der Waals surface area contributed by atoms with Gasteiger partial charge in [-0.1, -0.05) is 29.8 Å². The molecule has 1 aromatic heterocycles. The Morgan fingerprint density at radius 2 is 1.94 bits per heavy atom. The van der Waals surface area contributed by atoms with Gasteiger partial charge >= 0.3 is 0 Å². The summed E-state index contributed by atoms with van der Waals surface area (Å²) in [5.74, 6) is 0.598. The summed E-state index contributed by atoms with van der Waals surface area (Å²) >= 11 is 0. The van der Waals surface area contributed by atoms with Gasteiger partial charge in [-0.3, -0.25) is 4.68 Å².